The van der Waals surface area contributed by atoms with Crippen molar-refractivity contribution in [2.75, 3.05) is 7.11 Å². The normalized spacial score (nSPS) is 9.31. The van der Waals surface area contributed by atoms with E-state index in [0.29, 0.717) is 11.4 Å². The zero-order valence-corrected chi connectivity index (χ0v) is 7.28. The molecule has 1 amide bonds. The van der Waals surface area contributed by atoms with Crippen LogP contribution in [0.1, 0.15) is 5.56 Å². The quantitative estimate of drug-likeness (QED) is 0.689. The number of methoxy groups -OCH3 is 1. The molecule has 2 N–H and O–H groups in total. The fraction of sp³-hybridized carbons (Fsp3) is 0.111. The fourth-order valence-electron chi connectivity index (χ4n) is 0.822. The maximum Gasteiger partial charge on any atom is 0.248 e. The number of rotatable bonds is 3. The molecular formula is C9H10N2O2. The minimum Gasteiger partial charge on any atom is -0.481 e. The van der Waals surface area contributed by atoms with E-state index < -0.39 is 5.91 Å². The standard InChI is InChI=1S/C9H10N2O2/c1-6(9(10)12)7-3-4-8(13-2)11-5-7/h3-5H,1H2,2H3,(H2,10,12). The van der Waals surface area contributed by atoms with Gasteiger partial charge in [0.05, 0.1) is 7.11 Å². The molecule has 68 valence electrons. The lowest BCUT2D eigenvalue weighted by molar-refractivity contribution is -0.112. The second-order valence-corrected chi connectivity index (χ2v) is 2.43. The van der Waals surface area contributed by atoms with Gasteiger partial charge in [-0.15, -0.1) is 0 Å². The summed E-state index contributed by atoms with van der Waals surface area (Å²) in [5.74, 6) is -0.0620. The van der Waals surface area contributed by atoms with Crippen LogP contribution in [-0.2, 0) is 4.79 Å². The van der Waals surface area contributed by atoms with Crippen molar-refractivity contribution in [1.29, 1.82) is 0 Å². The Morgan fingerprint density at radius 2 is 2.31 bits per heavy atom. The highest BCUT2D eigenvalue weighted by Gasteiger charge is 2.04. The van der Waals surface area contributed by atoms with Gasteiger partial charge >= 0.3 is 0 Å². The summed E-state index contributed by atoms with van der Waals surface area (Å²) >= 11 is 0. The molecule has 0 spiro atoms. The molecule has 0 radical (unpaired) electrons. The minimum atomic E-state index is -0.549. The van der Waals surface area contributed by atoms with E-state index in [0.717, 1.165) is 0 Å². The molecule has 0 bridgehead atoms. The van der Waals surface area contributed by atoms with Gasteiger partial charge in [0.2, 0.25) is 11.8 Å². The summed E-state index contributed by atoms with van der Waals surface area (Å²) in [6.07, 6.45) is 1.49. The van der Waals surface area contributed by atoms with Crippen molar-refractivity contribution < 1.29 is 9.53 Å². The maximum atomic E-state index is 10.7. The predicted octanol–water partition coefficient (Wildman–Crippen LogP) is 0.589. The van der Waals surface area contributed by atoms with Gasteiger partial charge in [0.15, 0.2) is 0 Å². The zero-order valence-electron chi connectivity index (χ0n) is 7.28. The summed E-state index contributed by atoms with van der Waals surface area (Å²) in [5, 5.41) is 0. The van der Waals surface area contributed by atoms with Crippen LogP contribution in [0.4, 0.5) is 0 Å². The highest BCUT2D eigenvalue weighted by molar-refractivity contribution is 6.17. The number of aromatic nitrogens is 1. The van der Waals surface area contributed by atoms with Gasteiger partial charge in [-0.3, -0.25) is 4.79 Å². The minimum absolute atomic E-state index is 0.246. The average molecular weight is 178 g/mol. The molecule has 4 nitrogen and oxygen atoms in total. The van der Waals surface area contributed by atoms with Crippen LogP contribution in [0.3, 0.4) is 0 Å². The van der Waals surface area contributed by atoms with Crippen LogP contribution < -0.4 is 10.5 Å². The van der Waals surface area contributed by atoms with Crippen molar-refractivity contribution in [3.63, 3.8) is 0 Å². The first kappa shape index (κ1) is 9.25. The zero-order chi connectivity index (χ0) is 9.84. The molecule has 0 unspecified atom stereocenters. The van der Waals surface area contributed by atoms with Crippen molar-refractivity contribution in [2.45, 2.75) is 0 Å². The molecule has 1 heterocycles. The number of amides is 1. The first-order valence-electron chi connectivity index (χ1n) is 3.64. The third kappa shape index (κ3) is 2.05. The lowest BCUT2D eigenvalue weighted by Crippen LogP contribution is -2.12. The van der Waals surface area contributed by atoms with Crippen molar-refractivity contribution in [3.8, 4) is 5.88 Å². The number of carbonyl (C=O) groups is 1. The van der Waals surface area contributed by atoms with Crippen molar-refractivity contribution >= 4 is 11.5 Å². The lowest BCUT2D eigenvalue weighted by atomic mass is 10.1. The number of ether oxygens (including phenoxy) is 1. The van der Waals surface area contributed by atoms with Gasteiger partial charge < -0.3 is 10.5 Å². The molecule has 1 aromatic rings. The van der Waals surface area contributed by atoms with Crippen LogP contribution in [0.5, 0.6) is 5.88 Å². The predicted molar refractivity (Wildman–Crippen MR) is 49.0 cm³/mol. The molecule has 0 aliphatic heterocycles. The molecule has 0 aliphatic rings. The smallest absolute Gasteiger partial charge is 0.248 e. The first-order chi connectivity index (χ1) is 6.15. The summed E-state index contributed by atoms with van der Waals surface area (Å²) in [6.45, 7) is 3.52. The Hall–Kier alpha value is -1.84. The molecule has 0 fully saturated rings. The van der Waals surface area contributed by atoms with Crippen LogP contribution in [0.2, 0.25) is 0 Å². The van der Waals surface area contributed by atoms with E-state index in [1.807, 2.05) is 0 Å². The van der Waals surface area contributed by atoms with Gasteiger partial charge in [-0.05, 0) is 6.07 Å². The number of nitrogens with two attached hydrogens (primary N) is 1. The monoisotopic (exact) mass is 178 g/mol. The van der Waals surface area contributed by atoms with Gasteiger partial charge in [0.1, 0.15) is 0 Å². The largest absolute Gasteiger partial charge is 0.481 e. The molecule has 0 atom stereocenters. The number of hydrogen-bond acceptors (Lipinski definition) is 3. The van der Waals surface area contributed by atoms with E-state index in [-0.39, 0.29) is 5.57 Å². The molecule has 0 aliphatic carbocycles. The van der Waals surface area contributed by atoms with Gasteiger partial charge in [-0.1, -0.05) is 6.58 Å². The number of nitrogens with zero attached hydrogens (tertiary/aromatic N) is 1. The fourth-order valence-corrected chi connectivity index (χ4v) is 0.822. The Balaban J connectivity index is 2.92. The van der Waals surface area contributed by atoms with E-state index in [1.165, 1.54) is 13.3 Å². The number of pyridine rings is 1. The first-order valence-corrected chi connectivity index (χ1v) is 3.64. The molecule has 13 heavy (non-hydrogen) atoms. The molecular weight excluding hydrogens is 168 g/mol. The van der Waals surface area contributed by atoms with Gasteiger partial charge in [-0.25, -0.2) is 4.98 Å². The molecule has 0 saturated heterocycles. The Bertz CT molecular complexity index is 330. The van der Waals surface area contributed by atoms with E-state index in [1.54, 1.807) is 12.1 Å². The SMILES string of the molecule is C=C(C(N)=O)c1ccc(OC)nc1. The van der Waals surface area contributed by atoms with Gasteiger partial charge in [0, 0.05) is 23.4 Å². The van der Waals surface area contributed by atoms with E-state index in [4.69, 9.17) is 10.5 Å². The summed E-state index contributed by atoms with van der Waals surface area (Å²) in [6, 6.07) is 3.32. The van der Waals surface area contributed by atoms with Crippen LogP contribution >= 0.6 is 0 Å². The van der Waals surface area contributed by atoms with Gasteiger partial charge in [0.25, 0.3) is 0 Å². The van der Waals surface area contributed by atoms with E-state index in [9.17, 15) is 4.79 Å². The molecule has 4 heteroatoms. The number of primary amides is 1. The van der Waals surface area contributed by atoms with Crippen LogP contribution in [0, 0.1) is 0 Å². The summed E-state index contributed by atoms with van der Waals surface area (Å²) < 4.78 is 4.85. The molecule has 1 aromatic heterocycles. The molecule has 0 aromatic carbocycles. The highest BCUT2D eigenvalue weighted by Crippen LogP contribution is 2.13. The second-order valence-electron chi connectivity index (χ2n) is 2.43. The average Bonchev–Trinajstić information content (AvgIpc) is 2.17. The third-order valence-electron chi connectivity index (χ3n) is 1.59. The Morgan fingerprint density at radius 3 is 2.69 bits per heavy atom. The van der Waals surface area contributed by atoms with Crippen molar-refractivity contribution in [3.05, 3.63) is 30.5 Å². The van der Waals surface area contributed by atoms with E-state index in [2.05, 4.69) is 11.6 Å². The summed E-state index contributed by atoms with van der Waals surface area (Å²) in [4.78, 5) is 14.6. The van der Waals surface area contributed by atoms with Crippen LogP contribution in [0.25, 0.3) is 5.57 Å². The number of hydrogen-bond donors (Lipinski definition) is 1. The summed E-state index contributed by atoms with van der Waals surface area (Å²) in [7, 11) is 1.52. The van der Waals surface area contributed by atoms with Crippen molar-refractivity contribution in [1.82, 2.24) is 4.98 Å². The van der Waals surface area contributed by atoms with E-state index >= 15 is 0 Å². The lowest BCUT2D eigenvalue weighted by Gasteiger charge is -2.01. The topological polar surface area (TPSA) is 65.2 Å². The molecule has 0 saturated carbocycles. The van der Waals surface area contributed by atoms with Crippen LogP contribution in [-0.4, -0.2) is 18.0 Å². The van der Waals surface area contributed by atoms with Gasteiger partial charge in [-0.2, -0.15) is 0 Å². The Labute approximate surface area is 76.0 Å². The maximum absolute atomic E-state index is 10.7. The summed E-state index contributed by atoms with van der Waals surface area (Å²) in [5.41, 5.74) is 5.89. The Morgan fingerprint density at radius 1 is 1.62 bits per heavy atom. The van der Waals surface area contributed by atoms with Crippen LogP contribution in [0.15, 0.2) is 24.9 Å². The number of carbonyl (C=O) groups excluding carboxylic acids is 1. The Kier molecular flexibility index (Phi) is 2.64. The highest BCUT2D eigenvalue weighted by atomic mass is 16.5. The third-order valence-corrected chi connectivity index (χ3v) is 1.59. The second kappa shape index (κ2) is 3.71. The molecule has 1 rings (SSSR count). The van der Waals surface area contributed by atoms with Crippen molar-refractivity contribution in [2.24, 2.45) is 5.73 Å².